The molecule has 0 heterocycles. The third-order valence-corrected chi connectivity index (χ3v) is 7.93. The normalized spacial score (nSPS) is 17.0. The lowest BCUT2D eigenvalue weighted by atomic mass is 10.0. The Morgan fingerprint density at radius 3 is 1.20 bits per heavy atom. The lowest BCUT2D eigenvalue weighted by molar-refractivity contribution is -0.137. The molecule has 0 aliphatic carbocycles. The van der Waals surface area contributed by atoms with Crippen molar-refractivity contribution in [3.05, 3.63) is 35.4 Å². The van der Waals surface area contributed by atoms with E-state index in [0.717, 1.165) is 11.1 Å². The van der Waals surface area contributed by atoms with Crippen LogP contribution in [0.5, 0.6) is 0 Å². The zero-order valence-corrected chi connectivity index (χ0v) is 16.2. The monoisotopic (exact) mass is 534 g/mol. The second-order valence-electron chi connectivity index (χ2n) is 3.95. The first-order valence-corrected chi connectivity index (χ1v) is 9.03. The average molecular weight is 538 g/mol. The van der Waals surface area contributed by atoms with Gasteiger partial charge in [0, 0.05) is 0 Å². The fourth-order valence-electron chi connectivity index (χ4n) is 1.45. The number of hydrogen-bond acceptors (Lipinski definition) is 2. The number of alkyl halides is 4. The SMILES string of the molecule is O=C(O)[C@H](Br)[C@H](Br)c1ccc([C@@H](Br)[C@@H](Br)C(=O)O)cc1. The largest absolute Gasteiger partial charge is 0.480 e. The molecule has 0 saturated carbocycles. The lowest BCUT2D eigenvalue weighted by Gasteiger charge is -2.16. The first-order chi connectivity index (χ1) is 9.25. The minimum Gasteiger partial charge on any atom is -0.480 e. The van der Waals surface area contributed by atoms with Crippen molar-refractivity contribution in [3.8, 4) is 0 Å². The van der Waals surface area contributed by atoms with Gasteiger partial charge in [-0.2, -0.15) is 0 Å². The van der Waals surface area contributed by atoms with E-state index in [1.165, 1.54) is 0 Å². The van der Waals surface area contributed by atoms with Gasteiger partial charge in [0.2, 0.25) is 0 Å². The lowest BCUT2D eigenvalue weighted by Crippen LogP contribution is -2.19. The molecule has 0 aliphatic rings. The van der Waals surface area contributed by atoms with Gasteiger partial charge in [-0.3, -0.25) is 9.59 Å². The van der Waals surface area contributed by atoms with E-state index in [4.69, 9.17) is 10.2 Å². The van der Waals surface area contributed by atoms with Crippen molar-refractivity contribution in [2.75, 3.05) is 0 Å². The molecule has 1 aromatic carbocycles. The van der Waals surface area contributed by atoms with Crippen LogP contribution in [0.4, 0.5) is 0 Å². The highest BCUT2D eigenvalue weighted by atomic mass is 79.9. The highest BCUT2D eigenvalue weighted by Gasteiger charge is 2.26. The van der Waals surface area contributed by atoms with E-state index in [-0.39, 0.29) is 9.65 Å². The summed E-state index contributed by atoms with van der Waals surface area (Å²) in [4.78, 5) is 19.6. The van der Waals surface area contributed by atoms with Gasteiger partial charge < -0.3 is 10.2 Å². The van der Waals surface area contributed by atoms with Crippen LogP contribution >= 0.6 is 63.7 Å². The Balaban J connectivity index is 2.89. The number of benzene rings is 1. The van der Waals surface area contributed by atoms with Crippen molar-refractivity contribution in [2.24, 2.45) is 0 Å². The highest BCUT2D eigenvalue weighted by Crippen LogP contribution is 2.35. The van der Waals surface area contributed by atoms with E-state index in [1.54, 1.807) is 24.3 Å². The van der Waals surface area contributed by atoms with Gasteiger partial charge in [-0.05, 0) is 11.1 Å². The Kier molecular flexibility index (Phi) is 7.17. The van der Waals surface area contributed by atoms with Crippen LogP contribution in [0, 0.1) is 0 Å². The van der Waals surface area contributed by atoms with Gasteiger partial charge in [0.25, 0.3) is 0 Å². The first-order valence-electron chi connectivity index (χ1n) is 5.37. The number of carboxylic acids is 2. The molecule has 0 aromatic heterocycles. The van der Waals surface area contributed by atoms with Crippen LogP contribution in [0.25, 0.3) is 0 Å². The van der Waals surface area contributed by atoms with Gasteiger partial charge in [0.1, 0.15) is 9.65 Å². The Morgan fingerprint density at radius 2 is 1.00 bits per heavy atom. The maximum atomic E-state index is 10.9. The van der Waals surface area contributed by atoms with Crippen LogP contribution in [0.3, 0.4) is 0 Å². The molecule has 20 heavy (non-hydrogen) atoms. The van der Waals surface area contributed by atoms with Crippen molar-refractivity contribution in [1.82, 2.24) is 0 Å². The van der Waals surface area contributed by atoms with Gasteiger partial charge in [-0.1, -0.05) is 88.0 Å². The Labute approximate surface area is 149 Å². The Bertz CT molecular complexity index is 446. The quantitative estimate of drug-likeness (QED) is 0.532. The molecule has 1 rings (SSSR count). The minimum atomic E-state index is -0.958. The van der Waals surface area contributed by atoms with Crippen LogP contribution in [0.15, 0.2) is 24.3 Å². The van der Waals surface area contributed by atoms with E-state index < -0.39 is 21.6 Å². The summed E-state index contributed by atoms with van der Waals surface area (Å²) in [5, 5.41) is 17.9. The second kappa shape index (κ2) is 7.91. The summed E-state index contributed by atoms with van der Waals surface area (Å²) in [7, 11) is 0. The predicted octanol–water partition coefficient (Wildman–Crippen LogP) is 4.25. The third kappa shape index (κ3) is 4.54. The molecule has 0 bridgehead atoms. The molecule has 1 aromatic rings. The Hall–Kier alpha value is 0.0800. The fraction of sp³-hybridized carbons (Fsp3) is 0.333. The summed E-state index contributed by atoms with van der Waals surface area (Å²) in [6.07, 6.45) is 0. The summed E-state index contributed by atoms with van der Waals surface area (Å²) in [6.45, 7) is 0. The van der Waals surface area contributed by atoms with Crippen LogP contribution in [0.2, 0.25) is 0 Å². The van der Waals surface area contributed by atoms with E-state index in [9.17, 15) is 9.59 Å². The molecule has 0 radical (unpaired) electrons. The third-order valence-electron chi connectivity index (χ3n) is 2.56. The predicted molar refractivity (Wildman–Crippen MR) is 90.5 cm³/mol. The number of halogens is 4. The first kappa shape index (κ1) is 18.1. The van der Waals surface area contributed by atoms with Crippen LogP contribution in [-0.2, 0) is 9.59 Å². The summed E-state index contributed by atoms with van der Waals surface area (Å²) in [5.74, 6) is -1.92. The van der Waals surface area contributed by atoms with Crippen molar-refractivity contribution >= 4 is 75.7 Å². The van der Waals surface area contributed by atoms with Crippen molar-refractivity contribution in [1.29, 1.82) is 0 Å². The molecule has 0 aliphatic heterocycles. The average Bonchev–Trinajstić information content (AvgIpc) is 2.44. The highest BCUT2D eigenvalue weighted by molar-refractivity contribution is 9.12. The van der Waals surface area contributed by atoms with Gasteiger partial charge >= 0.3 is 11.9 Å². The molecule has 0 unspecified atom stereocenters. The van der Waals surface area contributed by atoms with Crippen LogP contribution in [0.1, 0.15) is 20.8 Å². The molecule has 4 nitrogen and oxygen atoms in total. The van der Waals surface area contributed by atoms with E-state index in [2.05, 4.69) is 63.7 Å². The number of hydrogen-bond donors (Lipinski definition) is 2. The van der Waals surface area contributed by atoms with Gasteiger partial charge in [-0.15, -0.1) is 0 Å². The zero-order chi connectivity index (χ0) is 15.4. The van der Waals surface area contributed by atoms with Crippen LogP contribution in [-0.4, -0.2) is 31.8 Å². The molecule has 0 amide bonds. The summed E-state index contributed by atoms with van der Waals surface area (Å²) in [6, 6.07) is 7.06. The van der Waals surface area contributed by atoms with Gasteiger partial charge in [0.15, 0.2) is 0 Å². The van der Waals surface area contributed by atoms with Crippen LogP contribution < -0.4 is 0 Å². The Morgan fingerprint density at radius 1 is 0.750 bits per heavy atom. The van der Waals surface area contributed by atoms with Crippen molar-refractivity contribution in [3.63, 3.8) is 0 Å². The van der Waals surface area contributed by atoms with E-state index >= 15 is 0 Å². The smallest absolute Gasteiger partial charge is 0.318 e. The summed E-state index contributed by atoms with van der Waals surface area (Å²) < 4.78 is 0. The topological polar surface area (TPSA) is 74.6 Å². The van der Waals surface area contributed by atoms with E-state index in [1.807, 2.05) is 0 Å². The molecule has 2 N–H and O–H groups in total. The standard InChI is InChI=1S/C12H10Br4O4/c13-7(9(15)11(17)18)5-1-2-6(4-3-5)8(14)10(16)12(19)20/h1-4,7-10H,(H,17,18)(H,19,20)/t7-,8-,9-,10-/m1/s1. The molecule has 4 atom stereocenters. The maximum absolute atomic E-state index is 10.9. The fourth-order valence-corrected chi connectivity index (χ4v) is 3.13. The molecule has 8 heteroatoms. The summed E-state index contributed by atoms with van der Waals surface area (Å²) >= 11 is 12.8. The molecular formula is C12H10Br4O4. The molecule has 0 fully saturated rings. The van der Waals surface area contributed by atoms with Gasteiger partial charge in [-0.25, -0.2) is 0 Å². The second-order valence-corrected chi connectivity index (χ2v) is 7.90. The maximum Gasteiger partial charge on any atom is 0.318 e. The van der Waals surface area contributed by atoms with E-state index in [0.29, 0.717) is 0 Å². The summed E-state index contributed by atoms with van der Waals surface area (Å²) in [5.41, 5.74) is 1.58. The number of rotatable bonds is 6. The van der Waals surface area contributed by atoms with Crippen molar-refractivity contribution < 1.29 is 19.8 Å². The zero-order valence-electron chi connectivity index (χ0n) is 9.84. The molecule has 0 spiro atoms. The molecule has 0 saturated heterocycles. The molecular weight excluding hydrogens is 528 g/mol. The van der Waals surface area contributed by atoms with Gasteiger partial charge in [0.05, 0.1) is 9.65 Å². The number of aliphatic carboxylic acids is 2. The minimum absolute atomic E-state index is 0.373. The number of carboxylic acid groups (broad SMARTS) is 2. The van der Waals surface area contributed by atoms with Crippen molar-refractivity contribution in [2.45, 2.75) is 19.3 Å². The number of carbonyl (C=O) groups is 2. The molecule has 110 valence electrons.